The second-order valence-electron chi connectivity index (χ2n) is 4.39. The first-order chi connectivity index (χ1) is 7.64. The Morgan fingerprint density at radius 3 is 2.38 bits per heavy atom. The summed E-state index contributed by atoms with van der Waals surface area (Å²) in [5, 5.41) is 12.2. The van der Waals surface area contributed by atoms with E-state index in [1.807, 2.05) is 13.8 Å². The Bertz CT molecular complexity index is 183. The molecular formula is C12H26N2O2. The molecule has 4 N–H and O–H groups in total. The van der Waals surface area contributed by atoms with E-state index >= 15 is 0 Å². The van der Waals surface area contributed by atoms with Crippen molar-refractivity contribution in [3.63, 3.8) is 0 Å². The van der Waals surface area contributed by atoms with Gasteiger partial charge in [0.05, 0.1) is 6.61 Å². The summed E-state index contributed by atoms with van der Waals surface area (Å²) < 4.78 is 0. The Balaban J connectivity index is 3.87. The third kappa shape index (κ3) is 5.47. The van der Waals surface area contributed by atoms with E-state index in [9.17, 15) is 9.90 Å². The summed E-state index contributed by atoms with van der Waals surface area (Å²) >= 11 is 0. The highest BCUT2D eigenvalue weighted by molar-refractivity contribution is 5.75. The van der Waals surface area contributed by atoms with E-state index in [1.165, 1.54) is 0 Å². The number of carbonyl (C=O) groups excluding carboxylic acids is 1. The SMILES string of the molecule is CCC(CC)(CO)CNC(=O)CCCCN. The van der Waals surface area contributed by atoms with E-state index in [4.69, 9.17) is 5.73 Å². The zero-order chi connectivity index (χ0) is 12.4. The van der Waals surface area contributed by atoms with Crippen molar-refractivity contribution < 1.29 is 9.90 Å². The van der Waals surface area contributed by atoms with Crippen molar-refractivity contribution in [1.29, 1.82) is 0 Å². The van der Waals surface area contributed by atoms with Crippen molar-refractivity contribution in [2.24, 2.45) is 11.1 Å². The van der Waals surface area contributed by atoms with Gasteiger partial charge in [-0.1, -0.05) is 13.8 Å². The first kappa shape index (κ1) is 15.4. The number of nitrogens with one attached hydrogen (secondary N) is 1. The minimum atomic E-state index is -0.149. The first-order valence-corrected chi connectivity index (χ1v) is 6.21. The van der Waals surface area contributed by atoms with Crippen molar-refractivity contribution in [3.05, 3.63) is 0 Å². The molecular weight excluding hydrogens is 204 g/mol. The van der Waals surface area contributed by atoms with Gasteiger partial charge in [0.25, 0.3) is 0 Å². The van der Waals surface area contributed by atoms with Crippen LogP contribution in [0.25, 0.3) is 0 Å². The monoisotopic (exact) mass is 230 g/mol. The van der Waals surface area contributed by atoms with Crippen LogP contribution in [-0.2, 0) is 4.79 Å². The lowest BCUT2D eigenvalue weighted by molar-refractivity contribution is -0.121. The summed E-state index contributed by atoms with van der Waals surface area (Å²) in [4.78, 5) is 11.5. The zero-order valence-corrected chi connectivity index (χ0v) is 10.6. The Hall–Kier alpha value is -0.610. The van der Waals surface area contributed by atoms with Crippen LogP contribution in [0.2, 0.25) is 0 Å². The average Bonchev–Trinajstić information content (AvgIpc) is 2.32. The summed E-state index contributed by atoms with van der Waals surface area (Å²) in [6, 6.07) is 0. The van der Waals surface area contributed by atoms with E-state index in [2.05, 4.69) is 5.32 Å². The summed E-state index contributed by atoms with van der Waals surface area (Å²) in [5.41, 5.74) is 5.21. The van der Waals surface area contributed by atoms with Crippen molar-refractivity contribution in [2.45, 2.75) is 46.0 Å². The van der Waals surface area contributed by atoms with Crippen LogP contribution in [0.3, 0.4) is 0 Å². The highest BCUT2D eigenvalue weighted by Crippen LogP contribution is 2.24. The maximum atomic E-state index is 11.5. The summed E-state index contributed by atoms with van der Waals surface area (Å²) in [6.45, 7) is 5.42. The molecule has 0 heterocycles. The van der Waals surface area contributed by atoms with E-state index in [1.54, 1.807) is 0 Å². The van der Waals surface area contributed by atoms with Gasteiger partial charge in [-0.25, -0.2) is 0 Å². The van der Waals surface area contributed by atoms with Gasteiger partial charge in [0.2, 0.25) is 5.91 Å². The second-order valence-corrected chi connectivity index (χ2v) is 4.39. The molecule has 0 unspecified atom stereocenters. The van der Waals surface area contributed by atoms with Gasteiger partial charge in [0.15, 0.2) is 0 Å². The standard InChI is InChI=1S/C12H26N2O2/c1-3-12(4-2,10-15)9-14-11(16)7-5-6-8-13/h15H,3-10,13H2,1-2H3,(H,14,16). The number of aliphatic hydroxyl groups excluding tert-OH is 1. The fraction of sp³-hybridized carbons (Fsp3) is 0.917. The molecule has 96 valence electrons. The van der Waals surface area contributed by atoms with Gasteiger partial charge >= 0.3 is 0 Å². The number of rotatable bonds is 9. The normalized spacial score (nSPS) is 11.5. The molecule has 0 aliphatic rings. The van der Waals surface area contributed by atoms with Gasteiger partial charge in [-0.15, -0.1) is 0 Å². The maximum absolute atomic E-state index is 11.5. The predicted octanol–water partition coefficient (Wildman–Crippen LogP) is 1.03. The van der Waals surface area contributed by atoms with Crippen molar-refractivity contribution in [2.75, 3.05) is 19.7 Å². The Labute approximate surface area is 98.6 Å². The van der Waals surface area contributed by atoms with Crippen LogP contribution in [-0.4, -0.2) is 30.7 Å². The molecule has 0 atom stereocenters. The number of amides is 1. The Morgan fingerprint density at radius 2 is 1.94 bits per heavy atom. The quantitative estimate of drug-likeness (QED) is 0.518. The topological polar surface area (TPSA) is 75.3 Å². The molecule has 0 aromatic heterocycles. The number of hydrogen-bond acceptors (Lipinski definition) is 3. The number of carbonyl (C=O) groups is 1. The molecule has 0 saturated heterocycles. The van der Waals surface area contributed by atoms with Crippen LogP contribution in [0.5, 0.6) is 0 Å². The van der Waals surface area contributed by atoms with Gasteiger partial charge in [0.1, 0.15) is 0 Å². The third-order valence-corrected chi connectivity index (χ3v) is 3.35. The largest absolute Gasteiger partial charge is 0.396 e. The minimum Gasteiger partial charge on any atom is -0.396 e. The molecule has 0 spiro atoms. The molecule has 0 bridgehead atoms. The summed E-state index contributed by atoms with van der Waals surface area (Å²) in [5.74, 6) is 0.0631. The number of hydrogen-bond donors (Lipinski definition) is 3. The number of aliphatic hydroxyl groups is 1. The van der Waals surface area contributed by atoms with Crippen molar-refractivity contribution in [1.82, 2.24) is 5.32 Å². The molecule has 4 heteroatoms. The van der Waals surface area contributed by atoms with E-state index < -0.39 is 0 Å². The van der Waals surface area contributed by atoms with Gasteiger partial charge in [0, 0.05) is 18.4 Å². The molecule has 0 aromatic carbocycles. The highest BCUT2D eigenvalue weighted by atomic mass is 16.3. The molecule has 16 heavy (non-hydrogen) atoms. The van der Waals surface area contributed by atoms with E-state index in [0.29, 0.717) is 19.5 Å². The molecule has 0 fully saturated rings. The number of nitrogens with two attached hydrogens (primary N) is 1. The lowest BCUT2D eigenvalue weighted by Crippen LogP contribution is -2.39. The smallest absolute Gasteiger partial charge is 0.220 e. The molecule has 0 radical (unpaired) electrons. The lowest BCUT2D eigenvalue weighted by atomic mass is 9.83. The molecule has 1 amide bonds. The molecule has 4 nitrogen and oxygen atoms in total. The summed E-state index contributed by atoms with van der Waals surface area (Å²) in [6.07, 6.45) is 4.02. The van der Waals surface area contributed by atoms with Gasteiger partial charge in [-0.3, -0.25) is 4.79 Å². The molecule has 0 aromatic rings. The van der Waals surface area contributed by atoms with Crippen LogP contribution < -0.4 is 11.1 Å². The van der Waals surface area contributed by atoms with E-state index in [0.717, 1.165) is 25.7 Å². The average molecular weight is 230 g/mol. The first-order valence-electron chi connectivity index (χ1n) is 6.21. The van der Waals surface area contributed by atoms with Gasteiger partial charge < -0.3 is 16.2 Å². The van der Waals surface area contributed by atoms with Crippen molar-refractivity contribution in [3.8, 4) is 0 Å². The van der Waals surface area contributed by atoms with Crippen LogP contribution in [0.1, 0.15) is 46.0 Å². The third-order valence-electron chi connectivity index (χ3n) is 3.35. The fourth-order valence-corrected chi connectivity index (χ4v) is 1.58. The highest BCUT2D eigenvalue weighted by Gasteiger charge is 2.25. The van der Waals surface area contributed by atoms with E-state index in [-0.39, 0.29) is 17.9 Å². The van der Waals surface area contributed by atoms with Crippen LogP contribution >= 0.6 is 0 Å². The molecule has 0 aliphatic heterocycles. The van der Waals surface area contributed by atoms with Crippen LogP contribution in [0.4, 0.5) is 0 Å². The molecule has 0 rings (SSSR count). The Morgan fingerprint density at radius 1 is 1.31 bits per heavy atom. The van der Waals surface area contributed by atoms with Crippen molar-refractivity contribution >= 4 is 5.91 Å². The van der Waals surface area contributed by atoms with Crippen LogP contribution in [0.15, 0.2) is 0 Å². The zero-order valence-electron chi connectivity index (χ0n) is 10.6. The van der Waals surface area contributed by atoms with Crippen LogP contribution in [0, 0.1) is 5.41 Å². The summed E-state index contributed by atoms with van der Waals surface area (Å²) in [7, 11) is 0. The predicted molar refractivity (Wildman–Crippen MR) is 66.0 cm³/mol. The molecule has 0 saturated carbocycles. The minimum absolute atomic E-state index is 0.0631. The second kappa shape index (κ2) is 8.53. The number of unbranched alkanes of at least 4 members (excludes halogenated alkanes) is 1. The maximum Gasteiger partial charge on any atom is 0.220 e. The lowest BCUT2D eigenvalue weighted by Gasteiger charge is -2.29. The Kier molecular flexibility index (Phi) is 8.21. The van der Waals surface area contributed by atoms with Gasteiger partial charge in [-0.2, -0.15) is 0 Å². The van der Waals surface area contributed by atoms with Gasteiger partial charge in [-0.05, 0) is 32.2 Å². The molecule has 0 aliphatic carbocycles. The fourth-order valence-electron chi connectivity index (χ4n) is 1.58.